The van der Waals surface area contributed by atoms with Crippen molar-refractivity contribution < 1.29 is 18.3 Å². The monoisotopic (exact) mass is 426 g/mol. The highest BCUT2D eigenvalue weighted by Gasteiger charge is 2.29. The van der Waals surface area contributed by atoms with Gasteiger partial charge < -0.3 is 14.6 Å². The number of hydrogen-bond donors (Lipinski definition) is 2. The van der Waals surface area contributed by atoms with Gasteiger partial charge in [-0.1, -0.05) is 11.6 Å². The fraction of sp³-hybridized carbons (Fsp3) is 0.353. The van der Waals surface area contributed by atoms with E-state index in [4.69, 9.17) is 11.6 Å². The number of halogens is 1. The first-order chi connectivity index (χ1) is 13.2. The maximum absolute atomic E-state index is 12.7. The number of rotatable bonds is 5. The topological polar surface area (TPSA) is 122 Å². The van der Waals surface area contributed by atoms with Crippen LogP contribution in [0.15, 0.2) is 40.3 Å². The van der Waals surface area contributed by atoms with Crippen LogP contribution in [-0.4, -0.2) is 48.2 Å². The Morgan fingerprint density at radius 3 is 2.64 bits per heavy atom. The van der Waals surface area contributed by atoms with Crippen LogP contribution in [0.25, 0.3) is 0 Å². The largest absolute Gasteiger partial charge is 0.478 e. The van der Waals surface area contributed by atoms with Gasteiger partial charge in [0, 0.05) is 43.6 Å². The molecule has 1 aliphatic rings. The first kappa shape index (κ1) is 20.3. The van der Waals surface area contributed by atoms with E-state index in [0.717, 1.165) is 6.07 Å². The highest BCUT2D eigenvalue weighted by molar-refractivity contribution is 7.89. The van der Waals surface area contributed by atoms with E-state index >= 15 is 0 Å². The minimum atomic E-state index is -4.04. The maximum atomic E-state index is 12.7. The van der Waals surface area contributed by atoms with Gasteiger partial charge in [0.1, 0.15) is 0 Å². The number of anilines is 1. The lowest BCUT2D eigenvalue weighted by molar-refractivity contribution is 0.0692. The molecule has 0 bridgehead atoms. The van der Waals surface area contributed by atoms with Gasteiger partial charge in [-0.05, 0) is 31.0 Å². The molecule has 11 heteroatoms. The van der Waals surface area contributed by atoms with E-state index in [1.165, 1.54) is 16.7 Å². The molecule has 0 unspecified atom stereocenters. The van der Waals surface area contributed by atoms with Crippen LogP contribution in [0.5, 0.6) is 0 Å². The van der Waals surface area contributed by atoms with E-state index in [0.29, 0.717) is 31.7 Å². The molecule has 0 atom stereocenters. The number of aromatic carboxylic acids is 1. The van der Waals surface area contributed by atoms with Crippen molar-refractivity contribution in [2.24, 2.45) is 7.05 Å². The van der Waals surface area contributed by atoms with Gasteiger partial charge in [0.05, 0.1) is 10.5 Å². The minimum absolute atomic E-state index is 0.140. The molecule has 2 heterocycles. The normalized spacial score (nSPS) is 15.6. The third-order valence-corrected chi connectivity index (χ3v) is 6.39. The summed E-state index contributed by atoms with van der Waals surface area (Å²) < 4.78 is 29.4. The second kappa shape index (κ2) is 7.90. The highest BCUT2D eigenvalue weighted by Crippen LogP contribution is 2.22. The summed E-state index contributed by atoms with van der Waals surface area (Å²) >= 11 is 5.78. The number of carboxylic acids is 1. The molecule has 0 saturated carbocycles. The molecule has 28 heavy (non-hydrogen) atoms. The van der Waals surface area contributed by atoms with Gasteiger partial charge in [0.15, 0.2) is 5.82 Å². The number of nitrogens with zero attached hydrogens (tertiary/aromatic N) is 3. The van der Waals surface area contributed by atoms with Crippen LogP contribution in [0.2, 0.25) is 5.02 Å². The molecule has 1 aromatic carbocycles. The summed E-state index contributed by atoms with van der Waals surface area (Å²) in [5, 5.41) is 9.41. The average Bonchev–Trinajstić information content (AvgIpc) is 2.64. The number of nitrogens with one attached hydrogen (secondary N) is 1. The summed E-state index contributed by atoms with van der Waals surface area (Å²) in [6, 6.07) is 3.24. The third-order valence-electron chi connectivity index (χ3n) is 4.58. The molecule has 3 rings (SSSR count). The Morgan fingerprint density at radius 2 is 2.00 bits per heavy atom. The van der Waals surface area contributed by atoms with E-state index in [-0.39, 0.29) is 27.1 Å². The van der Waals surface area contributed by atoms with Crippen molar-refractivity contribution in [1.29, 1.82) is 0 Å². The number of carboxylic acid groups (broad SMARTS) is 1. The van der Waals surface area contributed by atoms with Gasteiger partial charge in [-0.3, -0.25) is 4.79 Å². The summed E-state index contributed by atoms with van der Waals surface area (Å²) in [7, 11) is -2.40. The van der Waals surface area contributed by atoms with Crippen molar-refractivity contribution in [1.82, 2.24) is 14.3 Å². The van der Waals surface area contributed by atoms with Crippen molar-refractivity contribution in [3.05, 3.63) is 51.5 Å². The lowest BCUT2D eigenvalue weighted by Gasteiger charge is -2.32. The predicted molar refractivity (Wildman–Crippen MR) is 103 cm³/mol. The van der Waals surface area contributed by atoms with Gasteiger partial charge in [-0.25, -0.2) is 22.9 Å². The van der Waals surface area contributed by atoms with Gasteiger partial charge in [-0.15, -0.1) is 0 Å². The number of hydrogen-bond acceptors (Lipinski definition) is 6. The van der Waals surface area contributed by atoms with Gasteiger partial charge in [0.25, 0.3) is 5.56 Å². The van der Waals surface area contributed by atoms with Crippen LogP contribution >= 0.6 is 11.6 Å². The Kier molecular flexibility index (Phi) is 5.73. The molecule has 1 aromatic heterocycles. The molecule has 150 valence electrons. The number of sulfonamides is 1. The molecule has 1 fully saturated rings. The minimum Gasteiger partial charge on any atom is -0.478 e. The molecule has 2 N–H and O–H groups in total. The summed E-state index contributed by atoms with van der Waals surface area (Å²) in [5.74, 6) is -1.04. The van der Waals surface area contributed by atoms with Crippen LogP contribution < -0.4 is 15.2 Å². The van der Waals surface area contributed by atoms with Crippen LogP contribution in [0.4, 0.5) is 5.82 Å². The quantitative estimate of drug-likeness (QED) is 0.733. The Hall–Kier alpha value is -2.43. The van der Waals surface area contributed by atoms with E-state index in [9.17, 15) is 23.1 Å². The van der Waals surface area contributed by atoms with Crippen LogP contribution in [-0.2, 0) is 17.1 Å². The predicted octanol–water partition coefficient (Wildman–Crippen LogP) is 1.08. The van der Waals surface area contributed by atoms with E-state index < -0.39 is 16.0 Å². The van der Waals surface area contributed by atoms with Crippen molar-refractivity contribution in [2.75, 3.05) is 18.0 Å². The fourth-order valence-electron chi connectivity index (χ4n) is 3.10. The highest BCUT2D eigenvalue weighted by atomic mass is 35.5. The Morgan fingerprint density at radius 1 is 1.32 bits per heavy atom. The van der Waals surface area contributed by atoms with Crippen LogP contribution in [0.3, 0.4) is 0 Å². The van der Waals surface area contributed by atoms with Crippen LogP contribution in [0.1, 0.15) is 23.2 Å². The van der Waals surface area contributed by atoms with Gasteiger partial charge in [0.2, 0.25) is 10.0 Å². The zero-order chi connectivity index (χ0) is 20.5. The Balaban J connectivity index is 1.73. The summed E-state index contributed by atoms with van der Waals surface area (Å²) in [5.41, 5.74) is -0.594. The SMILES string of the molecule is Cn1ccnc(N2CCC(NS(=O)(=O)c3ccc(Cl)cc3C(=O)O)CC2)c1=O. The standard InChI is InChI=1S/C17H19ClN4O5S/c1-21-9-6-19-15(16(21)23)22-7-4-12(5-8-22)20-28(26,27)14-3-2-11(18)10-13(14)17(24)25/h2-3,6,9-10,12,20H,4-5,7-8H2,1H3,(H,24,25). The maximum Gasteiger partial charge on any atom is 0.337 e. The number of aromatic nitrogens is 2. The molecule has 9 nitrogen and oxygen atoms in total. The summed E-state index contributed by atoms with van der Waals surface area (Å²) in [6.45, 7) is 0.900. The molecule has 0 amide bonds. The third kappa shape index (κ3) is 4.18. The molecule has 1 aliphatic heterocycles. The van der Waals surface area contributed by atoms with Crippen LogP contribution in [0, 0.1) is 0 Å². The molecule has 0 radical (unpaired) electrons. The zero-order valence-corrected chi connectivity index (χ0v) is 16.6. The lowest BCUT2D eigenvalue weighted by atomic mass is 10.1. The second-order valence-electron chi connectivity index (χ2n) is 6.50. The Bertz CT molecular complexity index is 1060. The molecule has 1 saturated heterocycles. The molecule has 2 aromatic rings. The lowest BCUT2D eigenvalue weighted by Crippen LogP contribution is -2.46. The second-order valence-corrected chi connectivity index (χ2v) is 8.61. The van der Waals surface area contributed by atoms with Gasteiger partial charge >= 0.3 is 5.97 Å². The summed E-state index contributed by atoms with van der Waals surface area (Å²) in [4.78, 5) is 29.2. The zero-order valence-electron chi connectivity index (χ0n) is 15.0. The van der Waals surface area contributed by atoms with Crippen molar-refractivity contribution >= 4 is 33.4 Å². The number of piperidine rings is 1. The molecule has 0 aliphatic carbocycles. The number of benzene rings is 1. The summed E-state index contributed by atoms with van der Waals surface area (Å²) in [6.07, 6.45) is 4.02. The smallest absolute Gasteiger partial charge is 0.337 e. The van der Waals surface area contributed by atoms with Crippen molar-refractivity contribution in [2.45, 2.75) is 23.8 Å². The average molecular weight is 427 g/mol. The first-order valence-corrected chi connectivity index (χ1v) is 10.4. The molecular formula is C17H19ClN4O5S. The van der Waals surface area contributed by atoms with Gasteiger partial charge in [-0.2, -0.15) is 0 Å². The Labute approximate surface area is 166 Å². The van der Waals surface area contributed by atoms with E-state index in [2.05, 4.69) is 9.71 Å². The molecule has 0 spiro atoms. The first-order valence-electron chi connectivity index (χ1n) is 8.51. The van der Waals surface area contributed by atoms with E-state index in [1.54, 1.807) is 19.4 Å². The van der Waals surface area contributed by atoms with Crippen molar-refractivity contribution in [3.8, 4) is 0 Å². The van der Waals surface area contributed by atoms with Crippen molar-refractivity contribution in [3.63, 3.8) is 0 Å². The number of carbonyl (C=O) groups is 1. The molecular weight excluding hydrogens is 408 g/mol. The number of aryl methyl sites for hydroxylation is 1. The fourth-order valence-corrected chi connectivity index (χ4v) is 4.75. The van der Waals surface area contributed by atoms with E-state index in [1.807, 2.05) is 4.90 Å².